The summed E-state index contributed by atoms with van der Waals surface area (Å²) in [5, 5.41) is 2.40. The summed E-state index contributed by atoms with van der Waals surface area (Å²) in [6, 6.07) is -0.334. The fourth-order valence-corrected chi connectivity index (χ4v) is 0.759. The molecule has 0 aliphatic heterocycles. The van der Waals surface area contributed by atoms with Crippen molar-refractivity contribution in [3.05, 3.63) is 0 Å². The molecule has 0 saturated carbocycles. The fraction of sp³-hybridized carbons (Fsp3) is 0.714. The van der Waals surface area contributed by atoms with Gasteiger partial charge in [0.1, 0.15) is 0 Å². The van der Waals surface area contributed by atoms with Crippen molar-refractivity contribution >= 4 is 11.9 Å². The third-order valence-electron chi connectivity index (χ3n) is 1.38. The number of hydrogen-bond acceptors (Lipinski definition) is 2. The lowest BCUT2D eigenvalue weighted by Gasteiger charge is -2.16. The Morgan fingerprint density at radius 2 is 1.91 bits per heavy atom. The van der Waals surface area contributed by atoms with E-state index < -0.39 is 0 Å². The van der Waals surface area contributed by atoms with E-state index >= 15 is 0 Å². The van der Waals surface area contributed by atoms with Crippen molar-refractivity contribution in [2.75, 3.05) is 13.6 Å². The molecule has 0 radical (unpaired) electrons. The van der Waals surface area contributed by atoms with Gasteiger partial charge in [0.25, 0.3) is 0 Å². The van der Waals surface area contributed by atoms with Crippen LogP contribution in [0.5, 0.6) is 0 Å². The lowest BCUT2D eigenvalue weighted by Crippen LogP contribution is -2.41. The highest BCUT2D eigenvalue weighted by Crippen LogP contribution is 1.93. The van der Waals surface area contributed by atoms with E-state index in [2.05, 4.69) is 5.32 Å². The molecule has 0 unspecified atom stereocenters. The van der Waals surface area contributed by atoms with Gasteiger partial charge in [-0.15, -0.1) is 0 Å². The zero-order valence-electron chi connectivity index (χ0n) is 7.18. The van der Waals surface area contributed by atoms with E-state index in [9.17, 15) is 9.59 Å². The number of rotatable bonds is 2. The second-order valence-corrected chi connectivity index (χ2v) is 2.05. The molecule has 4 nitrogen and oxygen atoms in total. The molecule has 0 fully saturated rings. The van der Waals surface area contributed by atoms with Gasteiger partial charge in [-0.2, -0.15) is 0 Å². The Labute approximate surface area is 66.6 Å². The van der Waals surface area contributed by atoms with Crippen molar-refractivity contribution in [2.24, 2.45) is 0 Å². The van der Waals surface area contributed by atoms with E-state index in [4.69, 9.17) is 0 Å². The summed E-state index contributed by atoms with van der Waals surface area (Å²) in [4.78, 5) is 23.1. The Morgan fingerprint density at radius 3 is 2.18 bits per heavy atom. The molecule has 0 aromatic carbocycles. The first-order valence-electron chi connectivity index (χ1n) is 3.69. The molecular formula is C7H14N2O2. The Bertz CT molecular complexity index is 141. The standard InChI is InChI=1S/C7H14N2O2/c1-4-6(10)9(5-2)7(11)8-3/h4-5H2,1-3H3,(H,8,11). The first-order chi connectivity index (χ1) is 5.17. The predicted octanol–water partition coefficient (Wildman–Crippen LogP) is 0.584. The van der Waals surface area contributed by atoms with Gasteiger partial charge in [0, 0.05) is 20.0 Å². The molecule has 0 bridgehead atoms. The number of hydrogen-bond donors (Lipinski definition) is 1. The lowest BCUT2D eigenvalue weighted by molar-refractivity contribution is -0.127. The number of nitrogens with zero attached hydrogens (tertiary/aromatic N) is 1. The van der Waals surface area contributed by atoms with Crippen molar-refractivity contribution in [3.63, 3.8) is 0 Å². The summed E-state index contributed by atoms with van der Waals surface area (Å²) >= 11 is 0. The quantitative estimate of drug-likeness (QED) is 0.639. The van der Waals surface area contributed by atoms with E-state index in [0.717, 1.165) is 0 Å². The highest BCUT2D eigenvalue weighted by molar-refractivity contribution is 5.94. The van der Waals surface area contributed by atoms with Crippen LogP contribution in [0.4, 0.5) is 4.79 Å². The van der Waals surface area contributed by atoms with Crippen molar-refractivity contribution in [3.8, 4) is 0 Å². The van der Waals surface area contributed by atoms with Crippen LogP contribution in [0.25, 0.3) is 0 Å². The maximum absolute atomic E-state index is 11.0. The highest BCUT2D eigenvalue weighted by Gasteiger charge is 2.15. The largest absolute Gasteiger partial charge is 0.341 e. The van der Waals surface area contributed by atoms with E-state index in [1.54, 1.807) is 13.8 Å². The topological polar surface area (TPSA) is 49.4 Å². The first kappa shape index (κ1) is 9.94. The molecule has 64 valence electrons. The minimum absolute atomic E-state index is 0.146. The van der Waals surface area contributed by atoms with Crippen LogP contribution in [0.3, 0.4) is 0 Å². The van der Waals surface area contributed by atoms with Crippen molar-refractivity contribution in [2.45, 2.75) is 20.3 Å². The average Bonchev–Trinajstić information content (AvgIpc) is 2.05. The van der Waals surface area contributed by atoms with Crippen molar-refractivity contribution in [1.29, 1.82) is 0 Å². The number of imide groups is 1. The zero-order chi connectivity index (χ0) is 8.85. The SMILES string of the molecule is CCC(=O)N(CC)C(=O)NC. The first-order valence-corrected chi connectivity index (χ1v) is 3.69. The molecule has 3 amide bonds. The number of amides is 3. The molecule has 0 saturated heterocycles. The maximum Gasteiger partial charge on any atom is 0.323 e. The van der Waals surface area contributed by atoms with E-state index in [-0.39, 0.29) is 11.9 Å². The Kier molecular flexibility index (Phi) is 4.26. The zero-order valence-corrected chi connectivity index (χ0v) is 7.18. The fourth-order valence-electron chi connectivity index (χ4n) is 0.759. The van der Waals surface area contributed by atoms with Gasteiger partial charge >= 0.3 is 6.03 Å². The summed E-state index contributed by atoms with van der Waals surface area (Å²) < 4.78 is 0. The van der Waals surface area contributed by atoms with Gasteiger partial charge in [-0.05, 0) is 6.92 Å². The lowest BCUT2D eigenvalue weighted by atomic mass is 10.4. The molecule has 1 N–H and O–H groups in total. The Hall–Kier alpha value is -1.06. The summed E-state index contributed by atoms with van der Waals surface area (Å²) in [5.74, 6) is -0.146. The average molecular weight is 158 g/mol. The third-order valence-corrected chi connectivity index (χ3v) is 1.38. The van der Waals surface area contributed by atoms with Crippen LogP contribution in [0.1, 0.15) is 20.3 Å². The molecule has 0 atom stereocenters. The van der Waals surface area contributed by atoms with Gasteiger partial charge < -0.3 is 5.32 Å². The maximum atomic E-state index is 11.0. The second kappa shape index (κ2) is 4.71. The minimum atomic E-state index is -0.334. The van der Waals surface area contributed by atoms with Crippen molar-refractivity contribution < 1.29 is 9.59 Å². The molecular weight excluding hydrogens is 144 g/mol. The van der Waals surface area contributed by atoms with Gasteiger partial charge in [0.05, 0.1) is 0 Å². The Balaban J connectivity index is 4.15. The molecule has 4 heteroatoms. The molecule has 0 rings (SSSR count). The van der Waals surface area contributed by atoms with Crippen LogP contribution in [0.2, 0.25) is 0 Å². The molecule has 0 spiro atoms. The third kappa shape index (κ3) is 2.57. The molecule has 11 heavy (non-hydrogen) atoms. The van der Waals surface area contributed by atoms with E-state index in [1.165, 1.54) is 11.9 Å². The monoisotopic (exact) mass is 158 g/mol. The van der Waals surface area contributed by atoms with Gasteiger partial charge in [-0.25, -0.2) is 4.79 Å². The second-order valence-electron chi connectivity index (χ2n) is 2.05. The van der Waals surface area contributed by atoms with Crippen LogP contribution < -0.4 is 5.32 Å². The van der Waals surface area contributed by atoms with Crippen LogP contribution in [0.15, 0.2) is 0 Å². The smallest absolute Gasteiger partial charge is 0.323 e. The number of nitrogens with one attached hydrogen (secondary N) is 1. The summed E-state index contributed by atoms with van der Waals surface area (Å²) in [7, 11) is 1.51. The molecule has 0 aromatic heterocycles. The van der Waals surface area contributed by atoms with Crippen LogP contribution in [-0.2, 0) is 4.79 Å². The van der Waals surface area contributed by atoms with Gasteiger partial charge in [-0.3, -0.25) is 9.69 Å². The normalized spacial score (nSPS) is 9.00. The van der Waals surface area contributed by atoms with E-state index in [1.807, 2.05) is 0 Å². The van der Waals surface area contributed by atoms with Crippen LogP contribution in [-0.4, -0.2) is 30.4 Å². The summed E-state index contributed by atoms with van der Waals surface area (Å²) in [6.07, 6.45) is 0.362. The highest BCUT2D eigenvalue weighted by atomic mass is 16.2. The molecule has 0 aliphatic carbocycles. The number of urea groups is 1. The van der Waals surface area contributed by atoms with Gasteiger partial charge in [-0.1, -0.05) is 6.92 Å². The van der Waals surface area contributed by atoms with Gasteiger partial charge in [0.2, 0.25) is 5.91 Å². The summed E-state index contributed by atoms with van der Waals surface area (Å²) in [6.45, 7) is 3.92. The van der Waals surface area contributed by atoms with Crippen LogP contribution in [0, 0.1) is 0 Å². The molecule has 0 heterocycles. The van der Waals surface area contributed by atoms with Gasteiger partial charge in [0.15, 0.2) is 0 Å². The minimum Gasteiger partial charge on any atom is -0.341 e. The number of carbonyl (C=O) groups is 2. The molecule has 0 aromatic rings. The number of carbonyl (C=O) groups excluding carboxylic acids is 2. The van der Waals surface area contributed by atoms with Crippen LogP contribution >= 0.6 is 0 Å². The van der Waals surface area contributed by atoms with E-state index in [0.29, 0.717) is 13.0 Å². The summed E-state index contributed by atoms with van der Waals surface area (Å²) in [5.41, 5.74) is 0. The van der Waals surface area contributed by atoms with Crippen molar-refractivity contribution in [1.82, 2.24) is 10.2 Å². The molecule has 0 aliphatic rings. The predicted molar refractivity (Wildman–Crippen MR) is 42.1 cm³/mol. The Morgan fingerprint density at radius 1 is 1.36 bits per heavy atom.